The number of fused-ring (bicyclic) bond motifs is 2. The first-order valence-electron chi connectivity index (χ1n) is 4.94. The average molecular weight is 283 g/mol. The lowest BCUT2D eigenvalue weighted by Crippen LogP contribution is -2.43. The third-order valence-corrected chi connectivity index (χ3v) is 3.32. The fourth-order valence-electron chi connectivity index (χ4n) is 2.41. The highest BCUT2D eigenvalue weighted by molar-refractivity contribution is 6.29. The lowest BCUT2D eigenvalue weighted by atomic mass is 10.2. The fourth-order valence-corrected chi connectivity index (χ4v) is 2.53. The van der Waals surface area contributed by atoms with Gasteiger partial charge in [0.05, 0.1) is 11.9 Å². The first-order chi connectivity index (χ1) is 6.83. The van der Waals surface area contributed by atoms with Crippen molar-refractivity contribution < 1.29 is 0 Å². The number of pyridine rings is 1. The molecule has 0 aliphatic carbocycles. The highest BCUT2D eigenvalue weighted by Gasteiger charge is 2.37. The zero-order valence-corrected chi connectivity index (χ0v) is 11.0. The van der Waals surface area contributed by atoms with Crippen molar-refractivity contribution in [1.29, 1.82) is 0 Å². The van der Waals surface area contributed by atoms with E-state index in [1.165, 1.54) is 12.1 Å². The van der Waals surface area contributed by atoms with Gasteiger partial charge in [-0.2, -0.15) is 0 Å². The molecule has 1 N–H and O–H groups in total. The molecule has 2 atom stereocenters. The van der Waals surface area contributed by atoms with Crippen LogP contribution < -0.4 is 10.2 Å². The van der Waals surface area contributed by atoms with Gasteiger partial charge in [0.1, 0.15) is 5.15 Å². The van der Waals surface area contributed by atoms with E-state index in [0.29, 0.717) is 17.2 Å². The lowest BCUT2D eigenvalue weighted by Gasteiger charge is -2.29. The van der Waals surface area contributed by atoms with Gasteiger partial charge in [-0.05, 0) is 18.6 Å². The van der Waals surface area contributed by atoms with E-state index in [2.05, 4.69) is 21.3 Å². The standard InChI is InChI=1S/C10H12ClN3.2ClH/c11-10-2-1-8(4-13-10)14-6-7-3-9(14)5-12-7;;/h1-2,4,7,9,12H,3,5-6H2;2*1H. The maximum absolute atomic E-state index is 5.76. The van der Waals surface area contributed by atoms with E-state index in [-0.39, 0.29) is 24.8 Å². The summed E-state index contributed by atoms with van der Waals surface area (Å²) in [6.07, 6.45) is 3.13. The minimum Gasteiger partial charge on any atom is -0.364 e. The van der Waals surface area contributed by atoms with Gasteiger partial charge in [-0.1, -0.05) is 11.6 Å². The molecular weight excluding hydrogens is 268 g/mol. The first-order valence-corrected chi connectivity index (χ1v) is 5.32. The van der Waals surface area contributed by atoms with Crippen LogP contribution in [0.4, 0.5) is 5.69 Å². The Hall–Kier alpha value is -0.220. The van der Waals surface area contributed by atoms with E-state index in [1.54, 1.807) is 0 Å². The normalized spacial score (nSPS) is 26.2. The van der Waals surface area contributed by atoms with Gasteiger partial charge < -0.3 is 10.2 Å². The predicted molar refractivity (Wildman–Crippen MR) is 71.3 cm³/mol. The first kappa shape index (κ1) is 13.8. The molecule has 2 saturated heterocycles. The van der Waals surface area contributed by atoms with Gasteiger partial charge in [0, 0.05) is 25.2 Å². The third-order valence-electron chi connectivity index (χ3n) is 3.10. The molecule has 3 heterocycles. The van der Waals surface area contributed by atoms with E-state index in [9.17, 15) is 0 Å². The molecule has 0 radical (unpaired) electrons. The molecule has 0 saturated carbocycles. The Labute approximate surface area is 112 Å². The number of hydrogen-bond donors (Lipinski definition) is 1. The fraction of sp³-hybridized carbons (Fsp3) is 0.500. The monoisotopic (exact) mass is 281 g/mol. The summed E-state index contributed by atoms with van der Waals surface area (Å²) in [5.74, 6) is 0. The molecule has 2 aliphatic heterocycles. The van der Waals surface area contributed by atoms with Crippen molar-refractivity contribution in [2.24, 2.45) is 0 Å². The van der Waals surface area contributed by atoms with Crippen LogP contribution in [-0.2, 0) is 0 Å². The van der Waals surface area contributed by atoms with Crippen molar-refractivity contribution in [3.63, 3.8) is 0 Å². The van der Waals surface area contributed by atoms with E-state index in [1.807, 2.05) is 12.3 Å². The molecule has 16 heavy (non-hydrogen) atoms. The molecule has 3 rings (SSSR count). The molecule has 1 aromatic rings. The molecule has 2 fully saturated rings. The molecule has 2 bridgehead atoms. The van der Waals surface area contributed by atoms with Gasteiger partial charge in [0.15, 0.2) is 0 Å². The minimum atomic E-state index is 0. The van der Waals surface area contributed by atoms with E-state index < -0.39 is 0 Å². The van der Waals surface area contributed by atoms with Gasteiger partial charge in [-0.15, -0.1) is 24.8 Å². The van der Waals surface area contributed by atoms with Gasteiger partial charge in [-0.25, -0.2) is 4.98 Å². The van der Waals surface area contributed by atoms with Crippen LogP contribution in [0, 0.1) is 0 Å². The summed E-state index contributed by atoms with van der Waals surface area (Å²) in [7, 11) is 0. The summed E-state index contributed by atoms with van der Waals surface area (Å²) in [5, 5.41) is 4.04. The van der Waals surface area contributed by atoms with Crippen molar-refractivity contribution in [2.45, 2.75) is 18.5 Å². The third kappa shape index (κ3) is 2.38. The summed E-state index contributed by atoms with van der Waals surface area (Å²) < 4.78 is 0. The Balaban J connectivity index is 0.000000640. The van der Waals surface area contributed by atoms with Crippen LogP contribution in [0.25, 0.3) is 0 Å². The average Bonchev–Trinajstić information content (AvgIpc) is 2.80. The van der Waals surface area contributed by atoms with Gasteiger partial charge >= 0.3 is 0 Å². The second-order valence-electron chi connectivity index (χ2n) is 3.99. The van der Waals surface area contributed by atoms with Crippen LogP contribution in [0.15, 0.2) is 18.3 Å². The summed E-state index contributed by atoms with van der Waals surface area (Å²) in [6, 6.07) is 5.24. The van der Waals surface area contributed by atoms with E-state index in [4.69, 9.17) is 11.6 Å². The summed E-state index contributed by atoms with van der Waals surface area (Å²) in [6.45, 7) is 2.21. The van der Waals surface area contributed by atoms with Crippen LogP contribution in [0.3, 0.4) is 0 Å². The van der Waals surface area contributed by atoms with Gasteiger partial charge in [0.2, 0.25) is 0 Å². The molecule has 2 unspecified atom stereocenters. The second kappa shape index (κ2) is 5.41. The molecule has 0 spiro atoms. The number of piperazine rings is 1. The topological polar surface area (TPSA) is 28.2 Å². The number of rotatable bonds is 1. The molecule has 6 heteroatoms. The molecule has 0 amide bonds. The summed E-state index contributed by atoms with van der Waals surface area (Å²) >= 11 is 5.76. The number of anilines is 1. The Morgan fingerprint density at radius 2 is 2.19 bits per heavy atom. The molecular formula is C10H14Cl3N3. The molecule has 3 nitrogen and oxygen atoms in total. The van der Waals surface area contributed by atoms with Gasteiger partial charge in [-0.3, -0.25) is 0 Å². The largest absolute Gasteiger partial charge is 0.364 e. The number of halogens is 3. The van der Waals surface area contributed by atoms with Crippen LogP contribution in [0.5, 0.6) is 0 Å². The number of aromatic nitrogens is 1. The SMILES string of the molecule is Cl.Cl.Clc1ccc(N2CC3CC2CN3)cn1. The van der Waals surface area contributed by atoms with Crippen LogP contribution in [0.1, 0.15) is 6.42 Å². The lowest BCUT2D eigenvalue weighted by molar-refractivity contribution is 0.579. The summed E-state index contributed by atoms with van der Waals surface area (Å²) in [4.78, 5) is 6.53. The van der Waals surface area contributed by atoms with Crippen molar-refractivity contribution in [1.82, 2.24) is 10.3 Å². The Morgan fingerprint density at radius 1 is 1.38 bits per heavy atom. The number of nitrogens with zero attached hydrogens (tertiary/aromatic N) is 2. The zero-order chi connectivity index (χ0) is 9.54. The molecule has 2 aliphatic rings. The van der Waals surface area contributed by atoms with E-state index in [0.717, 1.165) is 13.1 Å². The molecule has 0 aromatic carbocycles. The zero-order valence-electron chi connectivity index (χ0n) is 8.60. The quantitative estimate of drug-likeness (QED) is 0.800. The van der Waals surface area contributed by atoms with Crippen molar-refractivity contribution in [3.05, 3.63) is 23.5 Å². The van der Waals surface area contributed by atoms with E-state index >= 15 is 0 Å². The van der Waals surface area contributed by atoms with Crippen LogP contribution >= 0.6 is 36.4 Å². The highest BCUT2D eigenvalue weighted by atomic mass is 35.5. The Morgan fingerprint density at radius 3 is 2.69 bits per heavy atom. The van der Waals surface area contributed by atoms with Crippen LogP contribution in [0.2, 0.25) is 5.15 Å². The minimum absolute atomic E-state index is 0. The summed E-state index contributed by atoms with van der Waals surface area (Å²) in [5.41, 5.74) is 1.20. The van der Waals surface area contributed by atoms with Crippen molar-refractivity contribution in [3.8, 4) is 0 Å². The van der Waals surface area contributed by atoms with Crippen molar-refractivity contribution >= 4 is 42.1 Å². The number of hydrogen-bond acceptors (Lipinski definition) is 3. The van der Waals surface area contributed by atoms with Gasteiger partial charge in [0.25, 0.3) is 0 Å². The Kier molecular flexibility index (Phi) is 4.68. The predicted octanol–water partition coefficient (Wildman–Crippen LogP) is 2.13. The smallest absolute Gasteiger partial charge is 0.129 e. The molecule has 1 aromatic heterocycles. The second-order valence-corrected chi connectivity index (χ2v) is 4.37. The van der Waals surface area contributed by atoms with Crippen LogP contribution in [-0.4, -0.2) is 30.2 Å². The maximum Gasteiger partial charge on any atom is 0.129 e. The Bertz CT molecular complexity index is 344. The van der Waals surface area contributed by atoms with Crippen molar-refractivity contribution in [2.75, 3.05) is 18.0 Å². The molecule has 90 valence electrons. The highest BCUT2D eigenvalue weighted by Crippen LogP contribution is 2.28. The number of nitrogens with one attached hydrogen (secondary N) is 1. The maximum atomic E-state index is 5.76.